The third-order valence-corrected chi connectivity index (χ3v) is 3.41. The summed E-state index contributed by atoms with van der Waals surface area (Å²) >= 11 is 0. The molecule has 0 radical (unpaired) electrons. The zero-order chi connectivity index (χ0) is 14.3. The lowest BCUT2D eigenvalue weighted by molar-refractivity contribution is 0.203. The van der Waals surface area contributed by atoms with E-state index in [1.165, 1.54) is 0 Å². The molecule has 19 heavy (non-hydrogen) atoms. The van der Waals surface area contributed by atoms with Gasteiger partial charge >= 0.3 is 0 Å². The Kier molecular flexibility index (Phi) is 6.81. The zero-order valence-electron chi connectivity index (χ0n) is 12.2. The van der Waals surface area contributed by atoms with E-state index in [0.29, 0.717) is 31.8 Å². The fourth-order valence-corrected chi connectivity index (χ4v) is 2.09. The van der Waals surface area contributed by atoms with Crippen LogP contribution in [0.1, 0.15) is 25.8 Å². The molecule has 0 aliphatic carbocycles. The Morgan fingerprint density at radius 2 is 2.16 bits per heavy atom. The molecule has 1 unspecified atom stereocenters. The molecule has 0 aliphatic heterocycles. The molecule has 2 N–H and O–H groups in total. The van der Waals surface area contributed by atoms with E-state index in [1.807, 2.05) is 12.1 Å². The molecule has 0 heterocycles. The predicted molar refractivity (Wildman–Crippen MR) is 78.1 cm³/mol. The van der Waals surface area contributed by atoms with E-state index in [-0.39, 0.29) is 11.9 Å². The largest absolute Gasteiger partial charge is 0.383 e. The molecule has 0 saturated carbocycles. The van der Waals surface area contributed by atoms with Crippen molar-refractivity contribution in [3.63, 3.8) is 0 Å². The van der Waals surface area contributed by atoms with E-state index in [2.05, 4.69) is 18.7 Å². The van der Waals surface area contributed by atoms with Crippen LogP contribution in [0.4, 0.5) is 10.1 Å². The first-order chi connectivity index (χ1) is 9.13. The van der Waals surface area contributed by atoms with Crippen molar-refractivity contribution in [2.24, 2.45) is 5.73 Å². The number of hydrogen-bond acceptors (Lipinski definition) is 3. The maximum atomic E-state index is 14.2. The highest BCUT2D eigenvalue weighted by molar-refractivity contribution is 5.50. The van der Waals surface area contributed by atoms with Crippen molar-refractivity contribution in [3.8, 4) is 0 Å². The summed E-state index contributed by atoms with van der Waals surface area (Å²) in [6.07, 6.45) is 1.67. The Balaban J connectivity index is 2.94. The lowest BCUT2D eigenvalue weighted by Crippen LogP contribution is -2.36. The normalized spacial score (nSPS) is 12.5. The molecule has 4 heteroatoms. The molecular formula is C15H25FN2O. The lowest BCUT2D eigenvalue weighted by atomic mass is 10.1. The number of halogens is 1. The molecule has 0 spiro atoms. The number of nitrogens with two attached hydrogens (primary N) is 1. The molecule has 0 aliphatic rings. The molecule has 1 aromatic carbocycles. The topological polar surface area (TPSA) is 38.5 Å². The second-order valence-corrected chi connectivity index (χ2v) is 4.77. The minimum atomic E-state index is -0.178. The van der Waals surface area contributed by atoms with E-state index < -0.39 is 0 Å². The first-order valence-electron chi connectivity index (χ1n) is 6.88. The van der Waals surface area contributed by atoms with Gasteiger partial charge in [0.15, 0.2) is 0 Å². The molecule has 0 amide bonds. The number of ether oxygens (including phenoxy) is 1. The number of hydrogen-bond donors (Lipinski definition) is 1. The highest BCUT2D eigenvalue weighted by atomic mass is 19.1. The molecule has 0 saturated heterocycles. The van der Waals surface area contributed by atoms with Gasteiger partial charge in [0.05, 0.1) is 12.3 Å². The number of rotatable bonds is 8. The van der Waals surface area contributed by atoms with Gasteiger partial charge in [-0.1, -0.05) is 13.0 Å². The van der Waals surface area contributed by atoms with Gasteiger partial charge in [-0.05, 0) is 44.0 Å². The minimum absolute atomic E-state index is 0.178. The van der Waals surface area contributed by atoms with Gasteiger partial charge in [-0.15, -0.1) is 0 Å². The van der Waals surface area contributed by atoms with Gasteiger partial charge in [-0.2, -0.15) is 0 Å². The zero-order valence-corrected chi connectivity index (χ0v) is 12.2. The Labute approximate surface area is 115 Å². The smallest absolute Gasteiger partial charge is 0.146 e. The van der Waals surface area contributed by atoms with Crippen LogP contribution in [0.3, 0.4) is 0 Å². The third kappa shape index (κ3) is 4.48. The van der Waals surface area contributed by atoms with Crippen LogP contribution in [0.2, 0.25) is 0 Å². The third-order valence-electron chi connectivity index (χ3n) is 3.41. The van der Waals surface area contributed by atoms with Gasteiger partial charge in [0.2, 0.25) is 0 Å². The summed E-state index contributed by atoms with van der Waals surface area (Å²) in [7, 11) is 1.66. The van der Waals surface area contributed by atoms with E-state index in [4.69, 9.17) is 10.5 Å². The van der Waals surface area contributed by atoms with Crippen LogP contribution in [0.15, 0.2) is 18.2 Å². The van der Waals surface area contributed by atoms with Crippen LogP contribution < -0.4 is 10.6 Å². The Hall–Kier alpha value is -1.13. The van der Waals surface area contributed by atoms with E-state index in [1.54, 1.807) is 13.2 Å². The van der Waals surface area contributed by atoms with Crippen LogP contribution in [0, 0.1) is 5.82 Å². The fraction of sp³-hybridized carbons (Fsp3) is 0.600. The predicted octanol–water partition coefficient (Wildman–Crippen LogP) is 2.58. The van der Waals surface area contributed by atoms with Gasteiger partial charge in [-0.25, -0.2) is 4.39 Å². The maximum Gasteiger partial charge on any atom is 0.146 e. The van der Waals surface area contributed by atoms with Gasteiger partial charge < -0.3 is 15.4 Å². The monoisotopic (exact) mass is 268 g/mol. The van der Waals surface area contributed by atoms with Crippen molar-refractivity contribution in [1.82, 2.24) is 0 Å². The summed E-state index contributed by atoms with van der Waals surface area (Å²) in [4.78, 5) is 2.06. The SMILES string of the molecule is CCC(C)N(CCOC)c1ccc(CCN)cc1F. The van der Waals surface area contributed by atoms with Crippen LogP contribution in [0.5, 0.6) is 0 Å². The standard InChI is InChI=1S/C15H25FN2O/c1-4-12(2)18(9-10-19-3)15-6-5-13(7-8-17)11-14(15)16/h5-6,11-12H,4,7-10,17H2,1-3H3. The molecule has 108 valence electrons. The quantitative estimate of drug-likeness (QED) is 0.787. The summed E-state index contributed by atoms with van der Waals surface area (Å²) in [5.74, 6) is -0.178. The average Bonchev–Trinajstić information content (AvgIpc) is 2.41. The van der Waals surface area contributed by atoms with Crippen LogP contribution >= 0.6 is 0 Å². The van der Waals surface area contributed by atoms with E-state index in [0.717, 1.165) is 12.0 Å². The summed E-state index contributed by atoms with van der Waals surface area (Å²) in [6.45, 7) is 6.03. The number of nitrogens with zero attached hydrogens (tertiary/aromatic N) is 1. The van der Waals surface area contributed by atoms with Crippen molar-refractivity contribution in [2.45, 2.75) is 32.7 Å². The second-order valence-electron chi connectivity index (χ2n) is 4.77. The van der Waals surface area contributed by atoms with E-state index >= 15 is 0 Å². The molecule has 1 aromatic rings. The van der Waals surface area contributed by atoms with Gasteiger partial charge in [-0.3, -0.25) is 0 Å². The Morgan fingerprint density at radius 1 is 1.42 bits per heavy atom. The van der Waals surface area contributed by atoms with Crippen molar-refractivity contribution in [3.05, 3.63) is 29.6 Å². The molecule has 0 aromatic heterocycles. The minimum Gasteiger partial charge on any atom is -0.383 e. The molecule has 3 nitrogen and oxygen atoms in total. The number of methoxy groups -OCH3 is 1. The van der Waals surface area contributed by atoms with Crippen molar-refractivity contribution in [1.29, 1.82) is 0 Å². The van der Waals surface area contributed by atoms with Crippen molar-refractivity contribution >= 4 is 5.69 Å². The van der Waals surface area contributed by atoms with E-state index in [9.17, 15) is 4.39 Å². The van der Waals surface area contributed by atoms with Crippen LogP contribution in [-0.2, 0) is 11.2 Å². The van der Waals surface area contributed by atoms with Gasteiger partial charge in [0.1, 0.15) is 5.82 Å². The summed E-state index contributed by atoms with van der Waals surface area (Å²) < 4.78 is 19.3. The first kappa shape index (κ1) is 15.9. The van der Waals surface area contributed by atoms with Crippen LogP contribution in [-0.4, -0.2) is 32.8 Å². The average molecular weight is 268 g/mol. The molecule has 1 atom stereocenters. The highest BCUT2D eigenvalue weighted by Gasteiger charge is 2.16. The lowest BCUT2D eigenvalue weighted by Gasteiger charge is -2.31. The number of anilines is 1. The fourth-order valence-electron chi connectivity index (χ4n) is 2.09. The number of benzene rings is 1. The molecular weight excluding hydrogens is 243 g/mol. The highest BCUT2D eigenvalue weighted by Crippen LogP contribution is 2.23. The van der Waals surface area contributed by atoms with Gasteiger partial charge in [0, 0.05) is 19.7 Å². The summed E-state index contributed by atoms with van der Waals surface area (Å²) in [5.41, 5.74) is 7.08. The maximum absolute atomic E-state index is 14.2. The van der Waals surface area contributed by atoms with Crippen LogP contribution in [0.25, 0.3) is 0 Å². The van der Waals surface area contributed by atoms with Crippen molar-refractivity contribution in [2.75, 3.05) is 31.7 Å². The molecule has 0 fully saturated rings. The Bertz CT molecular complexity index is 384. The van der Waals surface area contributed by atoms with Gasteiger partial charge in [0.25, 0.3) is 0 Å². The second kappa shape index (κ2) is 8.12. The summed E-state index contributed by atoms with van der Waals surface area (Å²) in [5, 5.41) is 0. The van der Waals surface area contributed by atoms with Crippen molar-refractivity contribution < 1.29 is 9.13 Å². The Morgan fingerprint density at radius 3 is 2.68 bits per heavy atom. The molecule has 0 bridgehead atoms. The first-order valence-corrected chi connectivity index (χ1v) is 6.88. The summed E-state index contributed by atoms with van der Waals surface area (Å²) in [6, 6.07) is 5.67. The molecule has 1 rings (SSSR count).